The van der Waals surface area contributed by atoms with Crippen molar-refractivity contribution >= 4 is 10.9 Å². The molecule has 1 aromatic heterocycles. The summed E-state index contributed by atoms with van der Waals surface area (Å²) in [5.41, 5.74) is 4.15. The average Bonchev–Trinajstić information content (AvgIpc) is 3.12. The summed E-state index contributed by atoms with van der Waals surface area (Å²) in [4.78, 5) is 6.26. The molecular weight excluding hydrogens is 264 g/mol. The lowest BCUT2D eigenvalue weighted by Crippen LogP contribution is -2.49. The molecule has 1 aromatic carbocycles. The second-order valence-electron chi connectivity index (χ2n) is 6.43. The van der Waals surface area contributed by atoms with Gasteiger partial charge in [0.2, 0.25) is 0 Å². The van der Waals surface area contributed by atoms with Crippen LogP contribution in [-0.2, 0) is 15.9 Å². The summed E-state index contributed by atoms with van der Waals surface area (Å²) in [7, 11) is 0. The summed E-state index contributed by atoms with van der Waals surface area (Å²) >= 11 is 0. The van der Waals surface area contributed by atoms with Gasteiger partial charge in [-0.05, 0) is 18.1 Å². The molecular formula is C17H20N2O2. The van der Waals surface area contributed by atoms with Crippen molar-refractivity contribution < 1.29 is 9.47 Å². The van der Waals surface area contributed by atoms with Gasteiger partial charge in [0.15, 0.2) is 5.79 Å². The summed E-state index contributed by atoms with van der Waals surface area (Å²) < 4.78 is 11.9. The minimum atomic E-state index is -0.326. The van der Waals surface area contributed by atoms with Crippen LogP contribution >= 0.6 is 0 Å². The predicted octanol–water partition coefficient (Wildman–Crippen LogP) is 2.60. The molecule has 2 saturated heterocycles. The molecule has 110 valence electrons. The number of hydrogen-bond acceptors (Lipinski definition) is 3. The van der Waals surface area contributed by atoms with E-state index >= 15 is 0 Å². The van der Waals surface area contributed by atoms with E-state index in [1.807, 2.05) is 0 Å². The van der Waals surface area contributed by atoms with Gasteiger partial charge in [0, 0.05) is 42.5 Å². The van der Waals surface area contributed by atoms with Crippen molar-refractivity contribution in [1.82, 2.24) is 9.88 Å². The SMILES string of the molecule is c1ccc2c3c([nH]c2c1)C1CC2(CCN1CC3)OCCO2. The van der Waals surface area contributed by atoms with Crippen LogP contribution < -0.4 is 0 Å². The van der Waals surface area contributed by atoms with Gasteiger partial charge in [-0.15, -0.1) is 0 Å². The molecule has 21 heavy (non-hydrogen) atoms. The smallest absolute Gasteiger partial charge is 0.171 e. The second-order valence-corrected chi connectivity index (χ2v) is 6.43. The molecule has 4 heteroatoms. The maximum atomic E-state index is 5.96. The number of H-pyrrole nitrogens is 1. The highest BCUT2D eigenvalue weighted by atomic mass is 16.7. The van der Waals surface area contributed by atoms with Crippen LogP contribution in [0.15, 0.2) is 24.3 Å². The highest BCUT2D eigenvalue weighted by Gasteiger charge is 2.46. The first-order valence-electron chi connectivity index (χ1n) is 7.96. The lowest BCUT2D eigenvalue weighted by molar-refractivity contribution is -0.198. The molecule has 4 nitrogen and oxygen atoms in total. The highest BCUT2D eigenvalue weighted by Crippen LogP contribution is 2.45. The summed E-state index contributed by atoms with van der Waals surface area (Å²) in [6.45, 7) is 3.70. The Morgan fingerprint density at radius 2 is 2.00 bits per heavy atom. The number of ether oxygens (including phenoxy) is 2. The fourth-order valence-corrected chi connectivity index (χ4v) is 4.34. The number of benzene rings is 1. The fourth-order valence-electron chi connectivity index (χ4n) is 4.34. The number of hydrogen-bond donors (Lipinski definition) is 1. The van der Waals surface area contributed by atoms with Crippen molar-refractivity contribution in [3.8, 4) is 0 Å². The molecule has 0 radical (unpaired) electrons. The van der Waals surface area contributed by atoms with Gasteiger partial charge in [0.25, 0.3) is 0 Å². The Morgan fingerprint density at radius 1 is 1.14 bits per heavy atom. The number of aromatic nitrogens is 1. The third-order valence-electron chi connectivity index (χ3n) is 5.37. The zero-order valence-electron chi connectivity index (χ0n) is 12.1. The molecule has 0 aliphatic carbocycles. The van der Waals surface area contributed by atoms with E-state index in [2.05, 4.69) is 34.1 Å². The predicted molar refractivity (Wildman–Crippen MR) is 80.2 cm³/mol. The number of rotatable bonds is 0. The molecule has 1 atom stereocenters. The molecule has 1 unspecified atom stereocenters. The lowest BCUT2D eigenvalue weighted by atomic mass is 9.87. The molecule has 3 aliphatic rings. The van der Waals surface area contributed by atoms with Crippen LogP contribution in [0.3, 0.4) is 0 Å². The van der Waals surface area contributed by atoms with E-state index < -0.39 is 0 Å². The van der Waals surface area contributed by atoms with Gasteiger partial charge in [0.1, 0.15) is 0 Å². The van der Waals surface area contributed by atoms with E-state index in [1.54, 1.807) is 0 Å². The quantitative estimate of drug-likeness (QED) is 0.808. The number of nitrogens with zero attached hydrogens (tertiary/aromatic N) is 1. The van der Waals surface area contributed by atoms with Crippen LogP contribution in [0.25, 0.3) is 10.9 Å². The number of para-hydroxylation sites is 1. The van der Waals surface area contributed by atoms with Gasteiger partial charge >= 0.3 is 0 Å². The Kier molecular flexibility index (Phi) is 2.51. The molecule has 4 heterocycles. The zero-order valence-corrected chi connectivity index (χ0v) is 12.1. The lowest BCUT2D eigenvalue weighted by Gasteiger charge is -2.45. The maximum absolute atomic E-state index is 5.96. The van der Waals surface area contributed by atoms with Gasteiger partial charge in [-0.3, -0.25) is 4.90 Å². The van der Waals surface area contributed by atoms with E-state index in [4.69, 9.17) is 9.47 Å². The topological polar surface area (TPSA) is 37.5 Å². The monoisotopic (exact) mass is 284 g/mol. The fraction of sp³-hybridized carbons (Fsp3) is 0.529. The van der Waals surface area contributed by atoms with Gasteiger partial charge in [0.05, 0.1) is 19.3 Å². The van der Waals surface area contributed by atoms with Crippen molar-refractivity contribution in [2.75, 3.05) is 26.3 Å². The van der Waals surface area contributed by atoms with Gasteiger partial charge in [-0.2, -0.15) is 0 Å². The molecule has 1 spiro atoms. The number of aromatic amines is 1. The van der Waals surface area contributed by atoms with Crippen LogP contribution in [0.1, 0.15) is 30.1 Å². The Labute approximate surface area is 124 Å². The summed E-state index contributed by atoms with van der Waals surface area (Å²) in [5, 5.41) is 1.39. The third kappa shape index (κ3) is 1.73. The van der Waals surface area contributed by atoms with Gasteiger partial charge in [-0.1, -0.05) is 18.2 Å². The van der Waals surface area contributed by atoms with E-state index in [1.165, 1.54) is 22.2 Å². The average molecular weight is 284 g/mol. The molecule has 2 fully saturated rings. The van der Waals surface area contributed by atoms with E-state index in [9.17, 15) is 0 Å². The molecule has 1 N–H and O–H groups in total. The second kappa shape index (κ2) is 4.32. The Hall–Kier alpha value is -1.36. The van der Waals surface area contributed by atoms with E-state index in [-0.39, 0.29) is 5.79 Å². The van der Waals surface area contributed by atoms with Crippen LogP contribution in [-0.4, -0.2) is 42.0 Å². The van der Waals surface area contributed by atoms with Gasteiger partial charge < -0.3 is 14.5 Å². The summed E-state index contributed by atoms with van der Waals surface area (Å²) in [6.07, 6.45) is 3.09. The Bertz CT molecular complexity index is 687. The normalized spacial score (nSPS) is 27.9. The minimum absolute atomic E-state index is 0.326. The van der Waals surface area contributed by atoms with Crippen molar-refractivity contribution in [1.29, 1.82) is 0 Å². The molecule has 0 saturated carbocycles. The van der Waals surface area contributed by atoms with Crippen LogP contribution in [0.4, 0.5) is 0 Å². The van der Waals surface area contributed by atoms with Crippen molar-refractivity contribution in [2.45, 2.75) is 31.1 Å². The molecule has 0 bridgehead atoms. The first-order chi connectivity index (χ1) is 10.3. The van der Waals surface area contributed by atoms with E-state index in [0.29, 0.717) is 6.04 Å². The third-order valence-corrected chi connectivity index (χ3v) is 5.37. The standard InChI is InChI=1S/C17H20N2O2/c1-2-4-14-12(3-1)13-5-7-19-8-6-17(20-9-10-21-17)11-15(19)16(13)18-14/h1-4,15,18H,5-11H2. The first kappa shape index (κ1) is 12.2. The molecule has 0 amide bonds. The Morgan fingerprint density at radius 3 is 2.90 bits per heavy atom. The van der Waals surface area contributed by atoms with Gasteiger partial charge in [-0.25, -0.2) is 0 Å². The number of nitrogens with one attached hydrogen (secondary N) is 1. The largest absolute Gasteiger partial charge is 0.357 e. The van der Waals surface area contributed by atoms with Crippen molar-refractivity contribution in [3.05, 3.63) is 35.5 Å². The van der Waals surface area contributed by atoms with Crippen LogP contribution in [0.2, 0.25) is 0 Å². The van der Waals surface area contributed by atoms with E-state index in [0.717, 1.165) is 45.6 Å². The van der Waals surface area contributed by atoms with Crippen LogP contribution in [0.5, 0.6) is 0 Å². The molecule has 3 aliphatic heterocycles. The van der Waals surface area contributed by atoms with Crippen molar-refractivity contribution in [3.63, 3.8) is 0 Å². The number of piperidine rings is 1. The highest BCUT2D eigenvalue weighted by molar-refractivity contribution is 5.85. The van der Waals surface area contributed by atoms with Crippen LogP contribution in [0, 0.1) is 0 Å². The first-order valence-corrected chi connectivity index (χ1v) is 7.96. The minimum Gasteiger partial charge on any atom is -0.357 e. The maximum Gasteiger partial charge on any atom is 0.171 e. The number of fused-ring (bicyclic) bond motifs is 5. The summed E-state index contributed by atoms with van der Waals surface area (Å²) in [5.74, 6) is -0.326. The molecule has 2 aromatic rings. The molecule has 5 rings (SSSR count). The zero-order chi connectivity index (χ0) is 13.9. The Balaban J connectivity index is 1.60. The summed E-state index contributed by atoms with van der Waals surface area (Å²) in [6, 6.07) is 9.07. The van der Waals surface area contributed by atoms with Crippen molar-refractivity contribution in [2.24, 2.45) is 0 Å².